The number of likely N-dealkylation sites (tertiary alicyclic amines) is 1. The number of hydrogen-bond donors (Lipinski definition) is 0. The maximum Gasteiger partial charge on any atom is 0.118 e. The minimum Gasteiger partial charge on any atom is -0.465 e. The molecule has 4 nitrogen and oxygen atoms in total. The number of hydrogen-bond acceptors (Lipinski definition) is 4. The fourth-order valence-electron chi connectivity index (χ4n) is 3.51. The summed E-state index contributed by atoms with van der Waals surface area (Å²) in [5, 5.41) is 0. The van der Waals surface area contributed by atoms with Crippen LogP contribution >= 0.6 is 0 Å². The van der Waals surface area contributed by atoms with Crippen LogP contribution in [0.15, 0.2) is 40.9 Å². The van der Waals surface area contributed by atoms with E-state index in [-0.39, 0.29) is 0 Å². The third kappa shape index (κ3) is 4.43. The van der Waals surface area contributed by atoms with Crippen LogP contribution in [0, 0.1) is 6.92 Å². The van der Waals surface area contributed by atoms with Gasteiger partial charge in [-0.3, -0.25) is 14.8 Å². The van der Waals surface area contributed by atoms with Crippen LogP contribution in [0.1, 0.15) is 37.0 Å². The van der Waals surface area contributed by atoms with E-state index < -0.39 is 0 Å². The quantitative estimate of drug-likeness (QED) is 0.783. The lowest BCUT2D eigenvalue weighted by Crippen LogP contribution is -2.39. The van der Waals surface area contributed by atoms with Crippen molar-refractivity contribution >= 4 is 0 Å². The molecular weight excluding hydrogens is 286 g/mol. The standard InChI is InChI=1S/C19H27N3O/c1-3-22-12-6-8-18(22)14-21(13-17-7-4-5-11-20-17)15-19-10-9-16(2)23-19/h4-5,7,9-11,18H,3,6,8,12-15H2,1-2H3. The Morgan fingerprint density at radius 1 is 1.26 bits per heavy atom. The summed E-state index contributed by atoms with van der Waals surface area (Å²) in [6, 6.07) is 10.9. The van der Waals surface area contributed by atoms with Crippen molar-refractivity contribution in [3.8, 4) is 0 Å². The molecular formula is C19H27N3O. The van der Waals surface area contributed by atoms with Gasteiger partial charge in [0.2, 0.25) is 0 Å². The summed E-state index contributed by atoms with van der Waals surface area (Å²) in [5.41, 5.74) is 1.12. The molecule has 2 aromatic rings. The van der Waals surface area contributed by atoms with E-state index in [1.54, 1.807) is 0 Å². The van der Waals surface area contributed by atoms with Crippen LogP contribution in [0.25, 0.3) is 0 Å². The molecule has 3 heterocycles. The topological polar surface area (TPSA) is 32.5 Å². The molecule has 0 amide bonds. The number of furan rings is 1. The van der Waals surface area contributed by atoms with Gasteiger partial charge in [0.15, 0.2) is 0 Å². The minimum atomic E-state index is 0.653. The van der Waals surface area contributed by atoms with E-state index in [9.17, 15) is 0 Å². The highest BCUT2D eigenvalue weighted by molar-refractivity contribution is 5.07. The maximum atomic E-state index is 5.79. The Labute approximate surface area is 139 Å². The highest BCUT2D eigenvalue weighted by atomic mass is 16.3. The van der Waals surface area contributed by atoms with E-state index in [0.717, 1.165) is 43.4 Å². The number of aromatic nitrogens is 1. The predicted octanol–water partition coefficient (Wildman–Crippen LogP) is 3.47. The van der Waals surface area contributed by atoms with E-state index in [4.69, 9.17) is 4.42 Å². The van der Waals surface area contributed by atoms with Crippen molar-refractivity contribution < 1.29 is 4.42 Å². The Bertz CT molecular complexity index is 596. The van der Waals surface area contributed by atoms with Crippen LogP contribution in [0.5, 0.6) is 0 Å². The normalized spacial score (nSPS) is 18.8. The summed E-state index contributed by atoms with van der Waals surface area (Å²) < 4.78 is 5.79. The average molecular weight is 313 g/mol. The molecule has 4 heteroatoms. The molecule has 1 aliphatic rings. The first-order chi connectivity index (χ1) is 11.2. The van der Waals surface area contributed by atoms with Gasteiger partial charge >= 0.3 is 0 Å². The highest BCUT2D eigenvalue weighted by Crippen LogP contribution is 2.20. The Morgan fingerprint density at radius 2 is 2.17 bits per heavy atom. The van der Waals surface area contributed by atoms with Gasteiger partial charge in [-0.2, -0.15) is 0 Å². The van der Waals surface area contributed by atoms with Crippen molar-refractivity contribution in [3.63, 3.8) is 0 Å². The Kier molecular flexibility index (Phi) is 5.47. The molecule has 3 rings (SSSR count). The van der Waals surface area contributed by atoms with Crippen molar-refractivity contribution in [3.05, 3.63) is 53.7 Å². The van der Waals surface area contributed by atoms with Gasteiger partial charge in [0, 0.05) is 25.3 Å². The molecule has 1 fully saturated rings. The van der Waals surface area contributed by atoms with Gasteiger partial charge in [-0.1, -0.05) is 13.0 Å². The largest absolute Gasteiger partial charge is 0.465 e. The lowest BCUT2D eigenvalue weighted by Gasteiger charge is -2.29. The van der Waals surface area contributed by atoms with Gasteiger partial charge < -0.3 is 4.42 Å². The van der Waals surface area contributed by atoms with Gasteiger partial charge in [-0.15, -0.1) is 0 Å². The van der Waals surface area contributed by atoms with E-state index in [0.29, 0.717) is 6.04 Å². The Hall–Kier alpha value is -1.65. The second-order valence-electron chi connectivity index (χ2n) is 6.43. The summed E-state index contributed by atoms with van der Waals surface area (Å²) in [6.45, 7) is 9.43. The lowest BCUT2D eigenvalue weighted by molar-refractivity contribution is 0.156. The van der Waals surface area contributed by atoms with Crippen LogP contribution in [0.2, 0.25) is 0 Å². The van der Waals surface area contributed by atoms with Crippen LogP contribution in [0.4, 0.5) is 0 Å². The van der Waals surface area contributed by atoms with Gasteiger partial charge in [0.05, 0.1) is 12.2 Å². The number of rotatable bonds is 7. The predicted molar refractivity (Wildman–Crippen MR) is 92.1 cm³/mol. The van der Waals surface area contributed by atoms with E-state index in [1.807, 2.05) is 25.3 Å². The second-order valence-corrected chi connectivity index (χ2v) is 6.43. The van der Waals surface area contributed by atoms with E-state index >= 15 is 0 Å². The zero-order chi connectivity index (χ0) is 16.1. The molecule has 0 radical (unpaired) electrons. The minimum absolute atomic E-state index is 0.653. The maximum absolute atomic E-state index is 5.79. The van der Waals surface area contributed by atoms with Gasteiger partial charge in [-0.25, -0.2) is 0 Å². The first-order valence-corrected chi connectivity index (χ1v) is 8.66. The zero-order valence-corrected chi connectivity index (χ0v) is 14.2. The fraction of sp³-hybridized carbons (Fsp3) is 0.526. The third-order valence-electron chi connectivity index (χ3n) is 4.66. The molecule has 0 aliphatic carbocycles. The number of nitrogens with zero attached hydrogens (tertiary/aromatic N) is 3. The Balaban J connectivity index is 1.69. The van der Waals surface area contributed by atoms with E-state index in [1.165, 1.54) is 19.4 Å². The summed E-state index contributed by atoms with van der Waals surface area (Å²) in [6.07, 6.45) is 4.48. The average Bonchev–Trinajstić information content (AvgIpc) is 3.17. The fourth-order valence-corrected chi connectivity index (χ4v) is 3.51. The lowest BCUT2D eigenvalue weighted by atomic mass is 10.2. The Morgan fingerprint density at radius 3 is 2.87 bits per heavy atom. The first kappa shape index (κ1) is 16.2. The molecule has 2 aromatic heterocycles. The highest BCUT2D eigenvalue weighted by Gasteiger charge is 2.25. The summed E-state index contributed by atoms with van der Waals surface area (Å²) in [7, 11) is 0. The van der Waals surface area contributed by atoms with Crippen molar-refractivity contribution in [2.45, 2.75) is 45.8 Å². The molecule has 0 saturated carbocycles. The van der Waals surface area contributed by atoms with Crippen LogP contribution in [-0.4, -0.2) is 40.5 Å². The van der Waals surface area contributed by atoms with Crippen LogP contribution < -0.4 is 0 Å². The van der Waals surface area contributed by atoms with Crippen molar-refractivity contribution in [2.24, 2.45) is 0 Å². The van der Waals surface area contributed by atoms with Crippen molar-refractivity contribution in [2.75, 3.05) is 19.6 Å². The molecule has 23 heavy (non-hydrogen) atoms. The molecule has 0 N–H and O–H groups in total. The number of pyridine rings is 1. The molecule has 1 aliphatic heterocycles. The summed E-state index contributed by atoms with van der Waals surface area (Å²) in [5.74, 6) is 2.02. The van der Waals surface area contributed by atoms with Crippen LogP contribution in [0.3, 0.4) is 0 Å². The van der Waals surface area contributed by atoms with Crippen molar-refractivity contribution in [1.82, 2.24) is 14.8 Å². The first-order valence-electron chi connectivity index (χ1n) is 8.66. The molecule has 124 valence electrons. The molecule has 0 bridgehead atoms. The number of likely N-dealkylation sites (N-methyl/N-ethyl adjacent to an activating group) is 1. The molecule has 1 saturated heterocycles. The smallest absolute Gasteiger partial charge is 0.118 e. The van der Waals surface area contributed by atoms with Gasteiger partial charge in [0.1, 0.15) is 11.5 Å². The SMILES string of the molecule is CCN1CCCC1CN(Cc1ccccn1)Cc1ccc(C)o1. The molecule has 0 spiro atoms. The third-order valence-corrected chi connectivity index (χ3v) is 4.66. The summed E-state index contributed by atoms with van der Waals surface area (Å²) >= 11 is 0. The molecule has 0 aromatic carbocycles. The monoisotopic (exact) mass is 313 g/mol. The van der Waals surface area contributed by atoms with Crippen molar-refractivity contribution in [1.29, 1.82) is 0 Å². The summed E-state index contributed by atoms with van der Waals surface area (Å²) in [4.78, 5) is 9.56. The second kappa shape index (κ2) is 7.75. The van der Waals surface area contributed by atoms with Gasteiger partial charge in [-0.05, 0) is 57.1 Å². The van der Waals surface area contributed by atoms with Crippen LogP contribution in [-0.2, 0) is 13.1 Å². The molecule has 1 unspecified atom stereocenters. The zero-order valence-electron chi connectivity index (χ0n) is 14.2. The van der Waals surface area contributed by atoms with Gasteiger partial charge in [0.25, 0.3) is 0 Å². The van der Waals surface area contributed by atoms with E-state index in [2.05, 4.69) is 39.9 Å². The number of aryl methyl sites for hydroxylation is 1. The molecule has 1 atom stereocenters.